The summed E-state index contributed by atoms with van der Waals surface area (Å²) < 4.78 is 28.0. The zero-order chi connectivity index (χ0) is 20.4. The first-order valence-electron chi connectivity index (χ1n) is 9.15. The van der Waals surface area contributed by atoms with Crippen LogP contribution in [0.15, 0.2) is 77.1 Å². The molecule has 1 aliphatic rings. The van der Waals surface area contributed by atoms with Crippen molar-refractivity contribution >= 4 is 32.8 Å². The average molecular weight is 425 g/mol. The zero-order valence-corrected chi connectivity index (χ0v) is 17.5. The molecule has 3 aromatic rings. The van der Waals surface area contributed by atoms with Gasteiger partial charge in [-0.25, -0.2) is 8.42 Å². The Hall–Kier alpha value is -2.90. The second-order valence-corrected chi connectivity index (χ2v) is 9.68. The second kappa shape index (κ2) is 7.85. The van der Waals surface area contributed by atoms with Gasteiger partial charge in [0.2, 0.25) is 5.78 Å². The van der Waals surface area contributed by atoms with Crippen LogP contribution in [0.1, 0.15) is 26.4 Å². The maximum Gasteiger partial charge on any atom is 0.270 e. The van der Waals surface area contributed by atoms with Crippen LogP contribution in [0.25, 0.3) is 0 Å². The number of nitrogens with zero attached hydrogens (tertiary/aromatic N) is 1. The van der Waals surface area contributed by atoms with Gasteiger partial charge in [0.1, 0.15) is 0 Å². The van der Waals surface area contributed by atoms with Gasteiger partial charge in [0.25, 0.3) is 10.0 Å². The summed E-state index contributed by atoms with van der Waals surface area (Å²) in [6.07, 6.45) is 1.33. The number of hydrogen-bond acceptors (Lipinski definition) is 5. The summed E-state index contributed by atoms with van der Waals surface area (Å²) >= 11 is 1.57. The first-order valence-corrected chi connectivity index (χ1v) is 11.5. The van der Waals surface area contributed by atoms with E-state index in [9.17, 15) is 13.2 Å². The number of hydrogen-bond donors (Lipinski definition) is 1. The Morgan fingerprint density at radius 1 is 1.03 bits per heavy atom. The molecule has 0 saturated heterocycles. The van der Waals surface area contributed by atoms with Crippen LogP contribution in [0.2, 0.25) is 0 Å². The fourth-order valence-electron chi connectivity index (χ4n) is 3.21. The summed E-state index contributed by atoms with van der Waals surface area (Å²) in [5.41, 5.74) is 2.76. The van der Waals surface area contributed by atoms with E-state index in [-0.39, 0.29) is 11.4 Å². The van der Waals surface area contributed by atoms with Gasteiger partial charge in [0.05, 0.1) is 12.2 Å². The third-order valence-corrected chi connectivity index (χ3v) is 7.39. The van der Waals surface area contributed by atoms with E-state index in [1.165, 1.54) is 10.5 Å². The predicted octanol–water partition coefficient (Wildman–Crippen LogP) is 4.22. The Morgan fingerprint density at radius 3 is 2.52 bits per heavy atom. The van der Waals surface area contributed by atoms with Crippen LogP contribution in [0, 0.1) is 6.92 Å². The van der Waals surface area contributed by atoms with Gasteiger partial charge in [-0.05, 0) is 36.1 Å². The number of rotatable bonds is 5. The van der Waals surface area contributed by atoms with E-state index in [1.807, 2.05) is 48.7 Å². The van der Waals surface area contributed by atoms with E-state index in [0.717, 1.165) is 16.0 Å². The standard InChI is InChI=1S/C22H20N2O3S2/c1-16-8-10-17(11-9-16)15-24-20-7-3-2-6-19(20)22(25)21(29(24,26)27)14-23-13-18-5-4-12-28-18/h2-12,14,23H,13,15H2,1H3. The number of Topliss-reactive ketones (excluding diaryl/α,β-unsaturated/α-hetero) is 1. The summed E-state index contributed by atoms with van der Waals surface area (Å²) in [6, 6.07) is 18.4. The fourth-order valence-corrected chi connectivity index (χ4v) is 5.42. The first kappa shape index (κ1) is 19.4. The molecule has 0 radical (unpaired) electrons. The van der Waals surface area contributed by atoms with Crippen molar-refractivity contribution in [2.75, 3.05) is 4.31 Å². The highest BCUT2D eigenvalue weighted by atomic mass is 32.2. The van der Waals surface area contributed by atoms with Crippen molar-refractivity contribution in [3.63, 3.8) is 0 Å². The molecule has 1 N–H and O–H groups in total. The number of ketones is 1. The molecular formula is C22H20N2O3S2. The Morgan fingerprint density at radius 2 is 1.79 bits per heavy atom. The van der Waals surface area contributed by atoms with Crippen molar-refractivity contribution in [3.05, 3.63) is 98.7 Å². The van der Waals surface area contributed by atoms with Crippen LogP contribution in [-0.2, 0) is 23.1 Å². The smallest absolute Gasteiger partial charge is 0.270 e. The highest BCUT2D eigenvalue weighted by Gasteiger charge is 2.39. The largest absolute Gasteiger partial charge is 0.385 e. The molecule has 0 unspecified atom stereocenters. The first-order chi connectivity index (χ1) is 14.0. The predicted molar refractivity (Wildman–Crippen MR) is 116 cm³/mol. The van der Waals surface area contributed by atoms with Crippen molar-refractivity contribution in [3.8, 4) is 0 Å². The molecule has 2 aromatic carbocycles. The van der Waals surface area contributed by atoms with Crippen LogP contribution >= 0.6 is 11.3 Å². The maximum absolute atomic E-state index is 13.3. The second-order valence-electron chi connectivity index (χ2n) is 6.81. The monoisotopic (exact) mass is 424 g/mol. The van der Waals surface area contributed by atoms with Crippen molar-refractivity contribution in [2.24, 2.45) is 0 Å². The Kier molecular flexibility index (Phi) is 5.25. The van der Waals surface area contributed by atoms with Gasteiger partial charge in [-0.3, -0.25) is 9.10 Å². The lowest BCUT2D eigenvalue weighted by Gasteiger charge is -2.31. The summed E-state index contributed by atoms with van der Waals surface area (Å²) in [4.78, 5) is 13.8. The number of para-hydroxylation sites is 1. The number of nitrogens with one attached hydrogen (secondary N) is 1. The van der Waals surface area contributed by atoms with Crippen LogP contribution < -0.4 is 9.62 Å². The van der Waals surface area contributed by atoms with Crippen LogP contribution in [0.5, 0.6) is 0 Å². The molecular weight excluding hydrogens is 404 g/mol. The topological polar surface area (TPSA) is 66.5 Å². The fraction of sp³-hybridized carbons (Fsp3) is 0.136. The molecule has 0 saturated carbocycles. The number of thiophene rings is 1. The molecule has 7 heteroatoms. The third kappa shape index (κ3) is 3.83. The molecule has 148 valence electrons. The molecule has 29 heavy (non-hydrogen) atoms. The van der Waals surface area contributed by atoms with Crippen molar-refractivity contribution in [2.45, 2.75) is 20.0 Å². The molecule has 2 heterocycles. The Bertz CT molecular complexity index is 1170. The summed E-state index contributed by atoms with van der Waals surface area (Å²) in [5.74, 6) is -0.487. The highest BCUT2D eigenvalue weighted by molar-refractivity contribution is 7.97. The van der Waals surface area contributed by atoms with Crippen molar-refractivity contribution in [1.29, 1.82) is 0 Å². The van der Waals surface area contributed by atoms with E-state index in [4.69, 9.17) is 0 Å². The van der Waals surface area contributed by atoms with E-state index in [2.05, 4.69) is 5.32 Å². The van der Waals surface area contributed by atoms with Crippen molar-refractivity contribution in [1.82, 2.24) is 5.32 Å². The number of carbonyl (C=O) groups excluding carboxylic acids is 1. The van der Waals surface area contributed by atoms with E-state index in [0.29, 0.717) is 17.8 Å². The summed E-state index contributed by atoms with van der Waals surface area (Å²) in [5, 5.41) is 4.94. The number of carbonyl (C=O) groups is 1. The van der Waals surface area contributed by atoms with E-state index in [1.54, 1.807) is 35.6 Å². The molecule has 0 bridgehead atoms. The molecule has 0 aliphatic carbocycles. The van der Waals surface area contributed by atoms with Crippen LogP contribution in [0.3, 0.4) is 0 Å². The van der Waals surface area contributed by atoms with Crippen LogP contribution in [0.4, 0.5) is 5.69 Å². The molecule has 5 nitrogen and oxygen atoms in total. The van der Waals surface area contributed by atoms with Gasteiger partial charge >= 0.3 is 0 Å². The summed E-state index contributed by atoms with van der Waals surface area (Å²) in [7, 11) is -3.99. The van der Waals surface area contributed by atoms with E-state index < -0.39 is 15.8 Å². The molecule has 1 aliphatic heterocycles. The third-order valence-electron chi connectivity index (χ3n) is 4.75. The van der Waals surface area contributed by atoms with Crippen LogP contribution in [-0.4, -0.2) is 14.2 Å². The minimum absolute atomic E-state index is 0.162. The van der Waals surface area contributed by atoms with Gasteiger partial charge in [-0.15, -0.1) is 11.3 Å². The number of aryl methyl sites for hydroxylation is 1. The lowest BCUT2D eigenvalue weighted by molar-refractivity contribution is 0.104. The SMILES string of the molecule is Cc1ccc(CN2c3ccccc3C(=O)C(=CNCc3cccs3)S2(=O)=O)cc1. The van der Waals surface area contributed by atoms with Gasteiger partial charge in [-0.2, -0.15) is 0 Å². The summed E-state index contributed by atoms with van der Waals surface area (Å²) in [6.45, 7) is 2.61. The van der Waals surface area contributed by atoms with Gasteiger partial charge in [0, 0.05) is 23.2 Å². The number of allylic oxidation sites excluding steroid dienone is 1. The zero-order valence-electron chi connectivity index (χ0n) is 15.8. The Balaban J connectivity index is 1.72. The van der Waals surface area contributed by atoms with Crippen molar-refractivity contribution < 1.29 is 13.2 Å². The number of benzene rings is 2. The number of fused-ring (bicyclic) bond motifs is 1. The minimum atomic E-state index is -3.99. The van der Waals surface area contributed by atoms with Gasteiger partial charge in [-0.1, -0.05) is 48.0 Å². The molecule has 1 aromatic heterocycles. The lowest BCUT2D eigenvalue weighted by atomic mass is 10.1. The quantitative estimate of drug-likeness (QED) is 0.623. The van der Waals surface area contributed by atoms with E-state index >= 15 is 0 Å². The molecule has 4 rings (SSSR count). The highest BCUT2D eigenvalue weighted by Crippen LogP contribution is 2.36. The Labute approximate surface area is 174 Å². The molecule has 0 amide bonds. The lowest BCUT2D eigenvalue weighted by Crippen LogP contribution is -2.39. The minimum Gasteiger partial charge on any atom is -0.385 e. The maximum atomic E-state index is 13.3. The normalized spacial score (nSPS) is 16.7. The molecule has 0 fully saturated rings. The molecule has 0 spiro atoms. The number of anilines is 1. The number of sulfonamides is 1. The van der Waals surface area contributed by atoms with Gasteiger partial charge < -0.3 is 5.32 Å². The molecule has 0 atom stereocenters. The average Bonchev–Trinajstić information content (AvgIpc) is 3.23. The van der Waals surface area contributed by atoms with Gasteiger partial charge in [0.15, 0.2) is 4.91 Å².